The third-order valence-electron chi connectivity index (χ3n) is 14.0. The molecule has 8 heteroatoms. The first-order valence-corrected chi connectivity index (χ1v) is 19.4. The van der Waals surface area contributed by atoms with E-state index in [2.05, 4.69) is 33.9 Å². The molecule has 6 fully saturated rings. The van der Waals surface area contributed by atoms with Gasteiger partial charge < -0.3 is 18.9 Å². The average Bonchev–Trinajstić information content (AvgIpc) is 3.94. The topological polar surface area (TPSA) is 105 Å². The molecule has 0 saturated heterocycles. The maximum Gasteiger partial charge on any atom is 0.338 e. The normalized spacial score (nSPS) is 35.6. The van der Waals surface area contributed by atoms with Gasteiger partial charge in [0.1, 0.15) is 0 Å². The monoisotopic (exact) mass is 700 g/mol. The Morgan fingerprint density at radius 2 is 1.12 bits per heavy atom. The summed E-state index contributed by atoms with van der Waals surface area (Å²) in [7, 11) is 0. The standard InChI is InChI=1S/C43H56O8/c1-7-39(44)48-19-24-8-33-27-13-31(36(18-27)37(33)10-24)22-51-42(47)29-14-28(15-32(16-29)43(4,5)6)41(46)49-20-25-9-34-26-12-30(21-50-40(45)23(2)3)35(17-26)38(34)11-25/h7,14-16,24-27,30-31,33-38H,1-2,8-13,17-22H2,3-6H3/t24?,25?,26?,27?,30?,31?,33-,34-,35?,36?,37-,38-/m0/s1. The van der Waals surface area contributed by atoms with Gasteiger partial charge in [0.15, 0.2) is 0 Å². The number of ether oxygens (including phenoxy) is 4. The van der Waals surface area contributed by atoms with Crippen LogP contribution in [-0.4, -0.2) is 50.3 Å². The molecule has 6 saturated carbocycles. The molecule has 12 atom stereocenters. The second-order valence-electron chi connectivity index (χ2n) is 18.1. The van der Waals surface area contributed by atoms with Crippen LogP contribution in [0.3, 0.4) is 0 Å². The molecule has 6 aliphatic carbocycles. The lowest BCUT2D eigenvalue weighted by Gasteiger charge is -2.31. The lowest BCUT2D eigenvalue weighted by atomic mass is 9.76. The Labute approximate surface area is 303 Å². The SMILES string of the molecule is C=CC(=O)OCC1C[C@@H]2C3CC(CC3COC(=O)c3cc(C(=O)OCC4C[C@@H]5C6CC(CC6COC(=O)C(=C)C)[C@@H]5C4)cc(C(C)(C)C)c3)[C@@H]2C1. The van der Waals surface area contributed by atoms with Gasteiger partial charge in [-0.3, -0.25) is 0 Å². The molecule has 51 heavy (non-hydrogen) atoms. The fraction of sp³-hybridized carbons (Fsp3) is 0.674. The lowest BCUT2D eigenvalue weighted by Crippen LogP contribution is -2.28. The molecule has 0 spiro atoms. The highest BCUT2D eigenvalue weighted by Crippen LogP contribution is 2.63. The Balaban J connectivity index is 0.926. The van der Waals surface area contributed by atoms with Crippen molar-refractivity contribution < 1.29 is 38.1 Å². The van der Waals surface area contributed by atoms with Gasteiger partial charge in [-0.1, -0.05) is 33.9 Å². The van der Waals surface area contributed by atoms with E-state index in [0.29, 0.717) is 114 Å². The van der Waals surface area contributed by atoms with E-state index in [4.69, 9.17) is 18.9 Å². The number of hydrogen-bond acceptors (Lipinski definition) is 8. The van der Waals surface area contributed by atoms with Crippen molar-refractivity contribution in [3.05, 3.63) is 59.7 Å². The van der Waals surface area contributed by atoms with Gasteiger partial charge in [-0.2, -0.15) is 0 Å². The van der Waals surface area contributed by atoms with Crippen LogP contribution in [0.15, 0.2) is 43.0 Å². The molecule has 8 nitrogen and oxygen atoms in total. The minimum Gasteiger partial charge on any atom is -0.462 e. The third kappa shape index (κ3) is 7.30. The summed E-state index contributed by atoms with van der Waals surface area (Å²) in [6, 6.07) is 5.36. The van der Waals surface area contributed by atoms with Crippen molar-refractivity contribution in [1.29, 1.82) is 0 Å². The minimum absolute atomic E-state index is 0.276. The van der Waals surface area contributed by atoms with E-state index >= 15 is 0 Å². The Kier molecular flexibility index (Phi) is 10.0. The van der Waals surface area contributed by atoms with Crippen LogP contribution in [0.25, 0.3) is 0 Å². The fourth-order valence-corrected chi connectivity index (χ4v) is 11.7. The van der Waals surface area contributed by atoms with Crippen molar-refractivity contribution in [1.82, 2.24) is 0 Å². The van der Waals surface area contributed by atoms with Crippen molar-refractivity contribution in [3.63, 3.8) is 0 Å². The summed E-state index contributed by atoms with van der Waals surface area (Å²) < 4.78 is 22.8. The Bertz CT molecular complexity index is 1570. The van der Waals surface area contributed by atoms with Crippen LogP contribution in [0.1, 0.15) is 105 Å². The lowest BCUT2D eigenvalue weighted by molar-refractivity contribution is -0.141. The quantitative estimate of drug-likeness (QED) is 0.124. The second kappa shape index (κ2) is 14.2. The predicted octanol–water partition coefficient (Wildman–Crippen LogP) is 7.74. The number of carbonyl (C=O) groups is 4. The molecule has 8 unspecified atom stereocenters. The first kappa shape index (κ1) is 36.0. The molecule has 4 bridgehead atoms. The summed E-state index contributed by atoms with van der Waals surface area (Å²) in [5.74, 6) is 4.99. The van der Waals surface area contributed by atoms with Crippen LogP contribution in [-0.2, 0) is 34.0 Å². The summed E-state index contributed by atoms with van der Waals surface area (Å²) in [6.45, 7) is 16.8. The van der Waals surface area contributed by atoms with E-state index in [9.17, 15) is 19.2 Å². The van der Waals surface area contributed by atoms with E-state index in [-0.39, 0.29) is 17.4 Å². The third-order valence-corrected chi connectivity index (χ3v) is 14.0. The minimum atomic E-state index is -0.395. The first-order valence-electron chi connectivity index (χ1n) is 19.4. The number of fused-ring (bicyclic) bond motifs is 10. The Morgan fingerprint density at radius 3 is 1.61 bits per heavy atom. The first-order chi connectivity index (χ1) is 24.3. The van der Waals surface area contributed by atoms with Gasteiger partial charge in [0.25, 0.3) is 0 Å². The van der Waals surface area contributed by atoms with Crippen molar-refractivity contribution in [2.45, 2.75) is 84.5 Å². The highest BCUT2D eigenvalue weighted by molar-refractivity contribution is 5.96. The van der Waals surface area contributed by atoms with Gasteiger partial charge in [-0.15, -0.1) is 0 Å². The van der Waals surface area contributed by atoms with Crippen LogP contribution >= 0.6 is 0 Å². The molecule has 0 amide bonds. The van der Waals surface area contributed by atoms with E-state index in [1.807, 2.05) is 12.1 Å². The molecule has 276 valence electrons. The van der Waals surface area contributed by atoms with Crippen molar-refractivity contribution in [2.75, 3.05) is 26.4 Å². The van der Waals surface area contributed by atoms with Gasteiger partial charge >= 0.3 is 23.9 Å². The van der Waals surface area contributed by atoms with Crippen LogP contribution < -0.4 is 0 Å². The molecule has 6 aliphatic rings. The van der Waals surface area contributed by atoms with E-state index in [0.717, 1.165) is 44.1 Å². The van der Waals surface area contributed by atoms with Gasteiger partial charge in [0.05, 0.1) is 37.6 Å². The summed E-state index contributed by atoms with van der Waals surface area (Å²) in [4.78, 5) is 50.6. The zero-order valence-corrected chi connectivity index (χ0v) is 30.9. The summed E-state index contributed by atoms with van der Waals surface area (Å²) in [5.41, 5.74) is 1.85. The number of rotatable bonds is 12. The summed E-state index contributed by atoms with van der Waals surface area (Å²) in [6.07, 6.45) is 10.1. The largest absolute Gasteiger partial charge is 0.462 e. The fourth-order valence-electron chi connectivity index (χ4n) is 11.7. The van der Waals surface area contributed by atoms with Crippen molar-refractivity contribution in [2.24, 2.45) is 71.0 Å². The van der Waals surface area contributed by atoms with Crippen molar-refractivity contribution in [3.8, 4) is 0 Å². The highest BCUT2D eigenvalue weighted by Gasteiger charge is 2.57. The summed E-state index contributed by atoms with van der Waals surface area (Å²) in [5, 5.41) is 0. The zero-order valence-electron chi connectivity index (χ0n) is 30.9. The van der Waals surface area contributed by atoms with Crippen LogP contribution in [0.5, 0.6) is 0 Å². The molecule has 1 aromatic carbocycles. The smallest absolute Gasteiger partial charge is 0.338 e. The number of carbonyl (C=O) groups excluding carboxylic acids is 4. The second-order valence-corrected chi connectivity index (χ2v) is 18.1. The molecule has 1 aromatic rings. The van der Waals surface area contributed by atoms with Crippen molar-refractivity contribution >= 4 is 23.9 Å². The predicted molar refractivity (Wildman–Crippen MR) is 191 cm³/mol. The van der Waals surface area contributed by atoms with Crippen LogP contribution in [0.4, 0.5) is 0 Å². The molecule has 0 N–H and O–H groups in total. The average molecular weight is 701 g/mol. The van der Waals surface area contributed by atoms with Crippen LogP contribution in [0.2, 0.25) is 0 Å². The zero-order chi connectivity index (χ0) is 36.2. The van der Waals surface area contributed by atoms with Gasteiger partial charge in [-0.25, -0.2) is 19.2 Å². The maximum atomic E-state index is 13.5. The van der Waals surface area contributed by atoms with E-state index in [1.54, 1.807) is 13.0 Å². The van der Waals surface area contributed by atoms with E-state index < -0.39 is 11.9 Å². The summed E-state index contributed by atoms with van der Waals surface area (Å²) >= 11 is 0. The van der Waals surface area contributed by atoms with Gasteiger partial charge in [-0.05, 0) is 158 Å². The maximum absolute atomic E-state index is 13.5. The van der Waals surface area contributed by atoms with Gasteiger partial charge in [0, 0.05) is 11.6 Å². The molecule has 0 heterocycles. The number of hydrogen-bond donors (Lipinski definition) is 0. The molecular formula is C43H56O8. The molecule has 0 aromatic heterocycles. The molecule has 7 rings (SSSR count). The Hall–Kier alpha value is -3.42. The van der Waals surface area contributed by atoms with Crippen LogP contribution in [0, 0.1) is 71.0 Å². The molecule has 0 aliphatic heterocycles. The highest BCUT2D eigenvalue weighted by atomic mass is 16.5. The molecular weight excluding hydrogens is 644 g/mol. The van der Waals surface area contributed by atoms with E-state index in [1.165, 1.54) is 18.9 Å². The number of esters is 4. The Morgan fingerprint density at radius 1 is 0.647 bits per heavy atom. The number of benzene rings is 1. The van der Waals surface area contributed by atoms with Gasteiger partial charge in [0.2, 0.25) is 0 Å². The molecule has 0 radical (unpaired) electrons.